The Balaban J connectivity index is 2.04. The minimum absolute atomic E-state index is 0.289. The van der Waals surface area contributed by atoms with E-state index in [4.69, 9.17) is 11.8 Å². The van der Waals surface area contributed by atoms with E-state index in [0.717, 1.165) is 27.5 Å². The molecule has 0 aliphatic carbocycles. The zero-order valence-corrected chi connectivity index (χ0v) is 12.8. The van der Waals surface area contributed by atoms with E-state index in [1.165, 1.54) is 12.1 Å². The number of hydrogen-bond acceptors (Lipinski definition) is 2. The van der Waals surface area contributed by atoms with Crippen LogP contribution in [0.4, 0.5) is 15.8 Å². The first-order valence-electron chi connectivity index (χ1n) is 7.23. The van der Waals surface area contributed by atoms with Crippen molar-refractivity contribution in [2.45, 2.75) is 0 Å². The summed E-state index contributed by atoms with van der Waals surface area (Å²) in [5, 5.41) is 1.90. The maximum absolute atomic E-state index is 13.2. The van der Waals surface area contributed by atoms with Gasteiger partial charge in [0.2, 0.25) is 0 Å². The third kappa shape index (κ3) is 2.39. The van der Waals surface area contributed by atoms with E-state index in [1.54, 1.807) is 16.6 Å². The summed E-state index contributed by atoms with van der Waals surface area (Å²) in [7, 11) is 0. The van der Waals surface area contributed by atoms with Crippen molar-refractivity contribution in [2.75, 3.05) is 4.42 Å². The maximum Gasteiger partial charge on any atom is 0.123 e. The average molecular weight is 323 g/mol. The molecule has 0 aliphatic heterocycles. The van der Waals surface area contributed by atoms with Gasteiger partial charge in [0.15, 0.2) is 0 Å². The van der Waals surface area contributed by atoms with Crippen LogP contribution in [0.2, 0.25) is 0 Å². The van der Waals surface area contributed by atoms with E-state index in [2.05, 4.69) is 4.98 Å². The highest BCUT2D eigenvalue weighted by Crippen LogP contribution is 2.38. The Morgan fingerprint density at radius 3 is 1.83 bits per heavy atom. The van der Waals surface area contributed by atoms with Crippen molar-refractivity contribution < 1.29 is 4.39 Å². The van der Waals surface area contributed by atoms with Crippen LogP contribution < -0.4 is 4.42 Å². The number of halogens is 2. The van der Waals surface area contributed by atoms with Crippen LogP contribution >= 0.6 is 11.8 Å². The number of aromatic nitrogens is 1. The Hall–Kier alpha value is -2.65. The fourth-order valence-corrected chi connectivity index (χ4v) is 3.02. The molecule has 0 radical (unpaired) electrons. The number of nitrogens with zero attached hydrogens (tertiary/aromatic N) is 2. The van der Waals surface area contributed by atoms with Gasteiger partial charge in [-0.25, -0.2) is 9.37 Å². The first-order valence-corrected chi connectivity index (χ1v) is 7.57. The van der Waals surface area contributed by atoms with Gasteiger partial charge >= 0.3 is 0 Å². The SMILES string of the molecule is Fc1ccc(N(Cl)c2c3ccccc3nc3ccccc23)cc1. The lowest BCUT2D eigenvalue weighted by Gasteiger charge is -2.20. The second-order valence-corrected chi connectivity index (χ2v) is 5.59. The van der Waals surface area contributed by atoms with Crippen molar-refractivity contribution in [3.05, 3.63) is 78.6 Å². The highest BCUT2D eigenvalue weighted by atomic mass is 35.5. The number of pyridine rings is 1. The molecule has 0 saturated carbocycles. The van der Waals surface area contributed by atoms with Gasteiger partial charge in [0.05, 0.1) is 22.4 Å². The number of hydrogen-bond donors (Lipinski definition) is 0. The molecule has 23 heavy (non-hydrogen) atoms. The summed E-state index contributed by atoms with van der Waals surface area (Å²) in [5.74, 6) is -0.289. The largest absolute Gasteiger partial charge is 0.252 e. The predicted molar refractivity (Wildman–Crippen MR) is 93.6 cm³/mol. The van der Waals surface area contributed by atoms with Gasteiger partial charge < -0.3 is 0 Å². The minimum Gasteiger partial charge on any atom is -0.252 e. The van der Waals surface area contributed by atoms with Gasteiger partial charge in [-0.3, -0.25) is 4.42 Å². The second kappa shape index (κ2) is 5.52. The van der Waals surface area contributed by atoms with Gasteiger partial charge in [-0.15, -0.1) is 0 Å². The minimum atomic E-state index is -0.289. The second-order valence-electron chi connectivity index (χ2n) is 5.25. The van der Waals surface area contributed by atoms with Crippen molar-refractivity contribution >= 4 is 45.0 Å². The molecule has 1 aromatic heterocycles. The summed E-state index contributed by atoms with van der Waals surface area (Å²) in [4.78, 5) is 4.68. The molecule has 4 heteroatoms. The Morgan fingerprint density at radius 2 is 1.26 bits per heavy atom. The third-order valence-corrected chi connectivity index (χ3v) is 4.17. The highest BCUT2D eigenvalue weighted by molar-refractivity contribution is 6.33. The Kier molecular flexibility index (Phi) is 3.36. The normalized spacial score (nSPS) is 11.0. The molecular weight excluding hydrogens is 311 g/mol. The number of rotatable bonds is 2. The molecule has 0 unspecified atom stereocenters. The van der Waals surface area contributed by atoms with Gasteiger partial charge in [-0.2, -0.15) is 0 Å². The van der Waals surface area contributed by atoms with Gasteiger partial charge in [0.1, 0.15) is 5.82 Å². The smallest absolute Gasteiger partial charge is 0.123 e. The van der Waals surface area contributed by atoms with E-state index < -0.39 is 0 Å². The average Bonchev–Trinajstić information content (AvgIpc) is 2.59. The first-order chi connectivity index (χ1) is 11.2. The van der Waals surface area contributed by atoms with Crippen LogP contribution in [0.15, 0.2) is 72.8 Å². The first kappa shape index (κ1) is 14.0. The van der Waals surface area contributed by atoms with Crippen LogP contribution in [0.25, 0.3) is 21.8 Å². The molecule has 4 rings (SSSR count). The molecule has 0 amide bonds. The number of anilines is 2. The molecule has 2 nitrogen and oxygen atoms in total. The monoisotopic (exact) mass is 322 g/mol. The lowest BCUT2D eigenvalue weighted by molar-refractivity contribution is 0.628. The summed E-state index contributed by atoms with van der Waals surface area (Å²) in [5.41, 5.74) is 3.29. The molecule has 3 aromatic carbocycles. The summed E-state index contributed by atoms with van der Waals surface area (Å²) < 4.78 is 14.7. The lowest BCUT2D eigenvalue weighted by atomic mass is 10.1. The zero-order valence-electron chi connectivity index (χ0n) is 12.1. The Bertz CT molecular complexity index is 945. The molecule has 4 aromatic rings. The van der Waals surface area contributed by atoms with E-state index >= 15 is 0 Å². The summed E-state index contributed by atoms with van der Waals surface area (Å²) in [6, 6.07) is 21.8. The van der Waals surface area contributed by atoms with Crippen molar-refractivity contribution in [1.82, 2.24) is 4.98 Å². The molecule has 0 aliphatic rings. The molecule has 112 valence electrons. The van der Waals surface area contributed by atoms with Gasteiger partial charge in [-0.1, -0.05) is 36.4 Å². The van der Waals surface area contributed by atoms with E-state index in [1.807, 2.05) is 48.5 Å². The van der Waals surface area contributed by atoms with E-state index in [9.17, 15) is 4.39 Å². The number of benzene rings is 3. The summed E-state index contributed by atoms with van der Waals surface area (Å²) >= 11 is 6.63. The van der Waals surface area contributed by atoms with Crippen LogP contribution in [0.5, 0.6) is 0 Å². The Morgan fingerprint density at radius 1 is 0.739 bits per heavy atom. The zero-order chi connectivity index (χ0) is 15.8. The van der Waals surface area contributed by atoms with Crippen LogP contribution in [0.1, 0.15) is 0 Å². The van der Waals surface area contributed by atoms with Crippen molar-refractivity contribution in [1.29, 1.82) is 0 Å². The standard InChI is InChI=1S/C19H12ClFN2/c20-23(14-11-9-13(21)10-12-14)19-15-5-1-3-7-17(15)22-18-8-4-2-6-16(18)19/h1-12H. The van der Waals surface area contributed by atoms with Gasteiger partial charge in [0, 0.05) is 22.5 Å². The summed E-state index contributed by atoms with van der Waals surface area (Å²) in [6.07, 6.45) is 0. The Labute approximate surface area is 137 Å². The fourth-order valence-electron chi connectivity index (χ4n) is 2.73. The molecule has 0 saturated heterocycles. The van der Waals surface area contributed by atoms with E-state index in [-0.39, 0.29) is 5.82 Å². The van der Waals surface area contributed by atoms with Gasteiger partial charge in [-0.05, 0) is 36.4 Å². The fraction of sp³-hybridized carbons (Fsp3) is 0. The van der Waals surface area contributed by atoms with Crippen molar-refractivity contribution in [3.8, 4) is 0 Å². The molecule has 0 bridgehead atoms. The van der Waals surface area contributed by atoms with Crippen LogP contribution in [-0.2, 0) is 0 Å². The lowest BCUT2D eigenvalue weighted by Crippen LogP contribution is -2.04. The topological polar surface area (TPSA) is 16.1 Å². The molecule has 0 fully saturated rings. The molecule has 0 spiro atoms. The van der Waals surface area contributed by atoms with Crippen LogP contribution in [-0.4, -0.2) is 4.98 Å². The van der Waals surface area contributed by atoms with Gasteiger partial charge in [0.25, 0.3) is 0 Å². The molecule has 0 atom stereocenters. The highest BCUT2D eigenvalue weighted by Gasteiger charge is 2.15. The van der Waals surface area contributed by atoms with Crippen molar-refractivity contribution in [2.24, 2.45) is 0 Å². The third-order valence-electron chi connectivity index (χ3n) is 3.81. The predicted octanol–water partition coefficient (Wildman–Crippen LogP) is 5.82. The maximum atomic E-state index is 13.2. The number of fused-ring (bicyclic) bond motifs is 2. The van der Waals surface area contributed by atoms with Crippen molar-refractivity contribution in [3.63, 3.8) is 0 Å². The van der Waals surface area contributed by atoms with Crippen LogP contribution in [0.3, 0.4) is 0 Å². The molecular formula is C19H12ClFN2. The van der Waals surface area contributed by atoms with E-state index in [0.29, 0.717) is 5.69 Å². The number of para-hydroxylation sites is 2. The molecule has 0 N–H and O–H groups in total. The quantitative estimate of drug-likeness (QED) is 0.341. The molecule has 1 heterocycles. The summed E-state index contributed by atoms with van der Waals surface area (Å²) in [6.45, 7) is 0. The van der Waals surface area contributed by atoms with Crippen LogP contribution in [0, 0.1) is 5.82 Å².